The summed E-state index contributed by atoms with van der Waals surface area (Å²) in [5.74, 6) is 1.61. The Bertz CT molecular complexity index is 526. The summed E-state index contributed by atoms with van der Waals surface area (Å²) in [5.41, 5.74) is 6.89. The van der Waals surface area contributed by atoms with E-state index in [2.05, 4.69) is 0 Å². The fraction of sp³-hybridized carbons (Fsp3) is 0.533. The van der Waals surface area contributed by atoms with Gasteiger partial charge in [0.25, 0.3) is 0 Å². The molecule has 1 saturated carbocycles. The van der Waals surface area contributed by atoms with Crippen LogP contribution in [-0.2, 0) is 11.3 Å². The van der Waals surface area contributed by atoms with E-state index in [4.69, 9.17) is 15.2 Å². The van der Waals surface area contributed by atoms with Crippen molar-refractivity contribution in [3.63, 3.8) is 0 Å². The second-order valence-corrected chi connectivity index (χ2v) is 5.83. The van der Waals surface area contributed by atoms with Crippen LogP contribution in [0.1, 0.15) is 31.2 Å². The molecule has 1 amide bonds. The highest BCUT2D eigenvalue weighted by Crippen LogP contribution is 2.34. The molecular weight excluding hydrogens is 256 g/mol. The maximum atomic E-state index is 12.2. The molecule has 0 bridgehead atoms. The average Bonchev–Trinajstić information content (AvgIpc) is 2.84. The fourth-order valence-corrected chi connectivity index (χ4v) is 2.65. The van der Waals surface area contributed by atoms with Gasteiger partial charge < -0.3 is 20.1 Å². The highest BCUT2D eigenvalue weighted by atomic mass is 16.7. The first kappa shape index (κ1) is 13.2. The number of nitrogens with two attached hydrogens (primary N) is 1. The third-order valence-corrected chi connectivity index (χ3v) is 4.14. The van der Waals surface area contributed by atoms with E-state index in [0.717, 1.165) is 36.3 Å². The molecule has 0 saturated heterocycles. The van der Waals surface area contributed by atoms with Crippen LogP contribution in [0.25, 0.3) is 0 Å². The number of hydrogen-bond acceptors (Lipinski definition) is 4. The van der Waals surface area contributed by atoms with Gasteiger partial charge in [0.1, 0.15) is 0 Å². The summed E-state index contributed by atoms with van der Waals surface area (Å²) in [6.45, 7) is 0.828. The fourth-order valence-electron chi connectivity index (χ4n) is 2.65. The SMILES string of the molecule is CN(Cc1ccc2c(c1)OCO2)C(=O)CC1(N)CCC1. The Kier molecular flexibility index (Phi) is 3.30. The summed E-state index contributed by atoms with van der Waals surface area (Å²) in [4.78, 5) is 13.9. The topological polar surface area (TPSA) is 64.8 Å². The van der Waals surface area contributed by atoms with Crippen LogP contribution in [0.5, 0.6) is 11.5 Å². The minimum Gasteiger partial charge on any atom is -0.454 e. The number of benzene rings is 1. The lowest BCUT2D eigenvalue weighted by Gasteiger charge is -2.38. The van der Waals surface area contributed by atoms with E-state index in [-0.39, 0.29) is 18.2 Å². The lowest BCUT2D eigenvalue weighted by atomic mass is 9.75. The summed E-state index contributed by atoms with van der Waals surface area (Å²) < 4.78 is 10.6. The third-order valence-electron chi connectivity index (χ3n) is 4.14. The molecule has 1 heterocycles. The molecule has 0 aromatic heterocycles. The first-order valence-electron chi connectivity index (χ1n) is 6.97. The molecule has 2 aliphatic rings. The van der Waals surface area contributed by atoms with Crippen molar-refractivity contribution in [2.75, 3.05) is 13.8 Å². The van der Waals surface area contributed by atoms with Gasteiger partial charge in [0, 0.05) is 25.6 Å². The molecular formula is C15H20N2O3. The number of carbonyl (C=O) groups excluding carboxylic acids is 1. The lowest BCUT2D eigenvalue weighted by Crippen LogP contribution is -2.50. The second-order valence-electron chi connectivity index (χ2n) is 5.83. The summed E-state index contributed by atoms with van der Waals surface area (Å²) in [5, 5.41) is 0. The molecule has 1 aliphatic carbocycles. The Morgan fingerprint density at radius 1 is 1.35 bits per heavy atom. The van der Waals surface area contributed by atoms with Crippen molar-refractivity contribution >= 4 is 5.91 Å². The van der Waals surface area contributed by atoms with Crippen LogP contribution in [0.2, 0.25) is 0 Å². The molecule has 20 heavy (non-hydrogen) atoms. The van der Waals surface area contributed by atoms with Crippen molar-refractivity contribution in [3.05, 3.63) is 23.8 Å². The Morgan fingerprint density at radius 2 is 2.10 bits per heavy atom. The molecule has 0 atom stereocenters. The molecule has 1 aliphatic heterocycles. The molecule has 108 valence electrons. The molecule has 5 heteroatoms. The highest BCUT2D eigenvalue weighted by Gasteiger charge is 2.35. The average molecular weight is 276 g/mol. The number of rotatable bonds is 4. The molecule has 0 unspecified atom stereocenters. The number of carbonyl (C=O) groups is 1. The minimum absolute atomic E-state index is 0.102. The van der Waals surface area contributed by atoms with E-state index in [1.807, 2.05) is 25.2 Å². The predicted molar refractivity (Wildman–Crippen MR) is 74.4 cm³/mol. The zero-order chi connectivity index (χ0) is 14.2. The largest absolute Gasteiger partial charge is 0.454 e. The van der Waals surface area contributed by atoms with Crippen molar-refractivity contribution in [2.24, 2.45) is 5.73 Å². The maximum absolute atomic E-state index is 12.2. The summed E-state index contributed by atoms with van der Waals surface area (Å²) in [6.07, 6.45) is 3.48. The van der Waals surface area contributed by atoms with Gasteiger partial charge in [-0.15, -0.1) is 0 Å². The minimum atomic E-state index is -0.264. The first-order valence-corrected chi connectivity index (χ1v) is 6.97. The van der Waals surface area contributed by atoms with Crippen molar-refractivity contribution in [2.45, 2.75) is 37.8 Å². The Labute approximate surface area is 118 Å². The Hall–Kier alpha value is -1.75. The Morgan fingerprint density at radius 3 is 2.80 bits per heavy atom. The maximum Gasteiger partial charge on any atom is 0.231 e. The van der Waals surface area contributed by atoms with Gasteiger partial charge in [-0.1, -0.05) is 6.07 Å². The van der Waals surface area contributed by atoms with E-state index in [1.165, 1.54) is 0 Å². The summed E-state index contributed by atoms with van der Waals surface area (Å²) >= 11 is 0. The van der Waals surface area contributed by atoms with Crippen molar-refractivity contribution < 1.29 is 14.3 Å². The van der Waals surface area contributed by atoms with Crippen LogP contribution in [0.15, 0.2) is 18.2 Å². The molecule has 0 spiro atoms. The molecule has 0 radical (unpaired) electrons. The van der Waals surface area contributed by atoms with E-state index in [9.17, 15) is 4.79 Å². The van der Waals surface area contributed by atoms with Crippen molar-refractivity contribution in [1.82, 2.24) is 4.90 Å². The highest BCUT2D eigenvalue weighted by molar-refractivity contribution is 5.77. The zero-order valence-corrected chi connectivity index (χ0v) is 11.7. The Balaban J connectivity index is 1.60. The zero-order valence-electron chi connectivity index (χ0n) is 11.7. The van der Waals surface area contributed by atoms with Gasteiger partial charge >= 0.3 is 0 Å². The smallest absolute Gasteiger partial charge is 0.231 e. The van der Waals surface area contributed by atoms with Gasteiger partial charge in [0.15, 0.2) is 11.5 Å². The first-order chi connectivity index (χ1) is 9.56. The van der Waals surface area contributed by atoms with Gasteiger partial charge in [0.05, 0.1) is 0 Å². The number of fused-ring (bicyclic) bond motifs is 1. The van der Waals surface area contributed by atoms with Crippen LogP contribution >= 0.6 is 0 Å². The van der Waals surface area contributed by atoms with Crippen molar-refractivity contribution in [1.29, 1.82) is 0 Å². The van der Waals surface area contributed by atoms with Gasteiger partial charge in [0.2, 0.25) is 12.7 Å². The van der Waals surface area contributed by atoms with Gasteiger partial charge in [-0.2, -0.15) is 0 Å². The van der Waals surface area contributed by atoms with Gasteiger partial charge in [-0.05, 0) is 37.0 Å². The number of ether oxygens (including phenoxy) is 2. The van der Waals surface area contributed by atoms with Crippen LogP contribution in [-0.4, -0.2) is 30.2 Å². The standard InChI is InChI=1S/C15H20N2O3/c1-17(14(18)8-15(16)5-2-6-15)9-11-3-4-12-13(7-11)20-10-19-12/h3-4,7H,2,5-6,8-10,16H2,1H3. The summed E-state index contributed by atoms with van der Waals surface area (Å²) in [7, 11) is 1.81. The predicted octanol–water partition coefficient (Wildman–Crippen LogP) is 1.65. The van der Waals surface area contributed by atoms with Crippen molar-refractivity contribution in [3.8, 4) is 11.5 Å². The van der Waals surface area contributed by atoms with Crippen LogP contribution in [0.3, 0.4) is 0 Å². The lowest BCUT2D eigenvalue weighted by molar-refractivity contribution is -0.132. The summed E-state index contributed by atoms with van der Waals surface area (Å²) in [6, 6.07) is 5.76. The quantitative estimate of drug-likeness (QED) is 0.908. The normalized spacial score (nSPS) is 18.5. The molecule has 2 N–H and O–H groups in total. The molecule has 3 rings (SSSR count). The van der Waals surface area contributed by atoms with E-state index < -0.39 is 0 Å². The molecule has 5 nitrogen and oxygen atoms in total. The van der Waals surface area contributed by atoms with E-state index in [1.54, 1.807) is 4.90 Å². The van der Waals surface area contributed by atoms with Crippen LogP contribution in [0.4, 0.5) is 0 Å². The molecule has 1 fully saturated rings. The third kappa shape index (κ3) is 2.58. The molecule has 1 aromatic rings. The number of hydrogen-bond donors (Lipinski definition) is 1. The number of amides is 1. The number of nitrogens with zero attached hydrogens (tertiary/aromatic N) is 1. The van der Waals surface area contributed by atoms with Crippen LogP contribution in [0, 0.1) is 0 Å². The second kappa shape index (κ2) is 4.98. The van der Waals surface area contributed by atoms with Crippen LogP contribution < -0.4 is 15.2 Å². The molecule has 1 aromatic carbocycles. The monoisotopic (exact) mass is 276 g/mol. The van der Waals surface area contributed by atoms with E-state index in [0.29, 0.717) is 13.0 Å². The van der Waals surface area contributed by atoms with E-state index >= 15 is 0 Å². The van der Waals surface area contributed by atoms with Gasteiger partial charge in [-0.25, -0.2) is 0 Å². The van der Waals surface area contributed by atoms with Gasteiger partial charge in [-0.3, -0.25) is 4.79 Å².